The Bertz CT molecular complexity index is 74.1. The lowest BCUT2D eigenvalue weighted by Gasteiger charge is -2.07. The fourth-order valence-corrected chi connectivity index (χ4v) is 0.250. The Hall–Kier alpha value is 0.180. The van der Waals surface area contributed by atoms with Gasteiger partial charge in [0.1, 0.15) is 0 Å². The van der Waals surface area contributed by atoms with Gasteiger partial charge in [-0.3, -0.25) is 0 Å². The first-order valence-electron chi connectivity index (χ1n) is 2.05. The molecule has 0 rings (SSSR count). The van der Waals surface area contributed by atoms with Crippen molar-refractivity contribution < 1.29 is 0 Å². The van der Waals surface area contributed by atoms with Gasteiger partial charge in [-0.15, -0.1) is 0 Å². The second-order valence-corrected chi connectivity index (χ2v) is 2.53. The Morgan fingerprint density at radius 1 is 1.14 bits per heavy atom. The minimum Gasteiger partial charge on any atom is -0.0925 e. The van der Waals surface area contributed by atoms with Crippen LogP contribution in [0.4, 0.5) is 0 Å². The Kier molecular flexibility index (Phi) is 2.54. The van der Waals surface area contributed by atoms with Crippen molar-refractivity contribution in [3.63, 3.8) is 0 Å². The fourth-order valence-electron chi connectivity index (χ4n) is 0.0278. The van der Waals surface area contributed by atoms with Crippen LogP contribution in [0.2, 0.25) is 0 Å². The lowest BCUT2D eigenvalue weighted by Crippen LogP contribution is -2.10. The normalized spacial score (nSPS) is 10.6. The number of hydrogen-bond donors (Lipinski definition) is 0. The zero-order chi connectivity index (χ0) is 5.91. The molecule has 0 heterocycles. The molecule has 7 heavy (non-hydrogen) atoms. The van der Waals surface area contributed by atoms with E-state index in [0.717, 1.165) is 0 Å². The molecule has 0 fully saturated rings. The molecule has 0 saturated heterocycles. The second kappa shape index (κ2) is 2.48. The summed E-state index contributed by atoms with van der Waals surface area (Å²) in [7, 11) is 0. The van der Waals surface area contributed by atoms with Gasteiger partial charge in [0.15, 0.2) is 0 Å². The molecule has 0 aliphatic carbocycles. The molecule has 40 valence electrons. The first kappa shape index (κ1) is 7.18. The summed E-state index contributed by atoms with van der Waals surface area (Å²) in [5, 5.41) is 3.33. The average Bonchev–Trinajstić information content (AvgIpc) is 1.68. The van der Waals surface area contributed by atoms with Crippen molar-refractivity contribution in [1.29, 1.82) is 0 Å². The van der Waals surface area contributed by atoms with Crippen molar-refractivity contribution in [2.45, 2.75) is 13.8 Å². The van der Waals surface area contributed by atoms with E-state index in [-0.39, 0.29) is 5.41 Å². The topological polar surface area (TPSA) is 0 Å². The van der Waals surface area contributed by atoms with Crippen LogP contribution in [0.3, 0.4) is 0 Å². The first-order chi connectivity index (χ1) is 3.12. The fraction of sp³-hybridized carbons (Fsp3) is 0.600. The van der Waals surface area contributed by atoms with E-state index in [1.54, 1.807) is 10.7 Å². The summed E-state index contributed by atoms with van der Waals surface area (Å²) in [5.41, 5.74) is -0.0370. The van der Waals surface area contributed by atoms with Gasteiger partial charge in [-0.2, -0.15) is 0 Å². The third-order valence-electron chi connectivity index (χ3n) is 0.607. The molecule has 0 unspecified atom stereocenters. The predicted molar refractivity (Wildman–Crippen MR) is 41.1 cm³/mol. The molecule has 0 atom stereocenters. The minimum atomic E-state index is -0.0370. The van der Waals surface area contributed by atoms with Crippen LogP contribution in [0, 0.1) is 5.41 Å². The molecule has 0 nitrogen and oxygen atoms in total. The van der Waals surface area contributed by atoms with E-state index in [1.807, 2.05) is 13.8 Å². The molecule has 0 aromatic carbocycles. The van der Waals surface area contributed by atoms with Gasteiger partial charge in [0.25, 0.3) is 0 Å². The first-order valence-corrected chi connectivity index (χ1v) is 2.99. The predicted octanol–water partition coefficient (Wildman–Crippen LogP) is 2.01. The molecule has 0 radical (unpaired) electrons. The van der Waals surface area contributed by atoms with E-state index in [4.69, 9.17) is 0 Å². The van der Waals surface area contributed by atoms with Gasteiger partial charge in [-0.05, 0) is 10.7 Å². The highest BCUT2D eigenvalue weighted by Crippen LogP contribution is 2.06. The van der Waals surface area contributed by atoms with Crippen LogP contribution in [0.15, 0.2) is 0 Å². The second-order valence-electron chi connectivity index (χ2n) is 2.06. The lowest BCUT2D eigenvalue weighted by atomic mass is 10.0. The molecule has 0 spiro atoms. The van der Waals surface area contributed by atoms with Crippen molar-refractivity contribution in [2.24, 2.45) is 5.41 Å². The summed E-state index contributed by atoms with van der Waals surface area (Å²) in [6, 6.07) is 0. The minimum absolute atomic E-state index is 0.0370. The van der Waals surface area contributed by atoms with Gasteiger partial charge >= 0.3 is 0 Å². The highest BCUT2D eigenvalue weighted by atomic mass is 32.1. The van der Waals surface area contributed by atoms with E-state index < -0.39 is 0 Å². The summed E-state index contributed by atoms with van der Waals surface area (Å²) in [4.78, 5) is 0. The number of hydrogen-bond acceptors (Lipinski definition) is 2. The Labute approximate surface area is 54.9 Å². The van der Waals surface area contributed by atoms with Gasteiger partial charge < -0.3 is 0 Å². The molecule has 0 saturated carbocycles. The molecule has 0 aliphatic heterocycles. The van der Waals surface area contributed by atoms with Gasteiger partial charge in [-0.25, -0.2) is 0 Å². The van der Waals surface area contributed by atoms with Gasteiger partial charge in [0.05, 0.1) is 0 Å². The molecule has 0 aliphatic rings. The Morgan fingerprint density at radius 2 is 1.43 bits per heavy atom. The van der Waals surface area contributed by atoms with Gasteiger partial charge in [0.2, 0.25) is 0 Å². The van der Waals surface area contributed by atoms with Crippen LogP contribution in [0.1, 0.15) is 13.8 Å². The molecular formula is C5H8S2. The van der Waals surface area contributed by atoms with Crippen LogP contribution in [-0.4, -0.2) is 10.7 Å². The largest absolute Gasteiger partial charge is 0.0925 e. The monoisotopic (exact) mass is 132 g/mol. The van der Waals surface area contributed by atoms with Crippen molar-refractivity contribution in [2.75, 3.05) is 0 Å². The summed E-state index contributed by atoms with van der Waals surface area (Å²) in [6.07, 6.45) is 0. The summed E-state index contributed by atoms with van der Waals surface area (Å²) in [6.45, 7) is 3.96. The molecule has 0 N–H and O–H groups in total. The quantitative estimate of drug-likeness (QED) is 0.527. The zero-order valence-corrected chi connectivity index (χ0v) is 6.10. The summed E-state index contributed by atoms with van der Waals surface area (Å²) in [5.74, 6) is 0. The smallest absolute Gasteiger partial charge is 0.0213 e. The maximum Gasteiger partial charge on any atom is 0.0213 e. The third kappa shape index (κ3) is 2.83. The standard InChI is InChI=1S/C5H8S2/c1-5(2,3-6)4-7/h3-4H,1-2H3. The van der Waals surface area contributed by atoms with Gasteiger partial charge in [0, 0.05) is 5.41 Å². The number of rotatable bonds is 2. The molecule has 0 bridgehead atoms. The summed E-state index contributed by atoms with van der Waals surface area (Å²) >= 11 is 9.33. The van der Waals surface area contributed by atoms with E-state index in [9.17, 15) is 0 Å². The van der Waals surface area contributed by atoms with E-state index in [0.29, 0.717) is 0 Å². The van der Waals surface area contributed by atoms with Crippen LogP contribution < -0.4 is 0 Å². The van der Waals surface area contributed by atoms with E-state index in [1.165, 1.54) is 0 Å². The molecule has 0 aromatic rings. The van der Waals surface area contributed by atoms with Crippen LogP contribution in [0.25, 0.3) is 0 Å². The molecular weight excluding hydrogens is 124 g/mol. The molecule has 0 aromatic heterocycles. The van der Waals surface area contributed by atoms with E-state index in [2.05, 4.69) is 24.4 Å². The highest BCUT2D eigenvalue weighted by molar-refractivity contribution is 7.80. The Balaban J connectivity index is 3.82. The number of thiocarbonyl (C=S) groups is 2. The van der Waals surface area contributed by atoms with Crippen molar-refractivity contribution >= 4 is 35.2 Å². The van der Waals surface area contributed by atoms with Crippen molar-refractivity contribution in [3.05, 3.63) is 0 Å². The molecule has 0 amide bonds. The molecule has 2 heteroatoms. The maximum atomic E-state index is 4.66. The van der Waals surface area contributed by atoms with Gasteiger partial charge in [-0.1, -0.05) is 38.3 Å². The van der Waals surface area contributed by atoms with Crippen LogP contribution in [0.5, 0.6) is 0 Å². The highest BCUT2D eigenvalue weighted by Gasteiger charge is 2.06. The Morgan fingerprint density at radius 3 is 1.43 bits per heavy atom. The van der Waals surface area contributed by atoms with Crippen LogP contribution >= 0.6 is 24.4 Å². The summed E-state index contributed by atoms with van der Waals surface area (Å²) < 4.78 is 0. The SMILES string of the molecule is CC(C)(C=S)C=S. The van der Waals surface area contributed by atoms with E-state index >= 15 is 0 Å². The lowest BCUT2D eigenvalue weighted by molar-refractivity contribution is 0.787. The van der Waals surface area contributed by atoms with Crippen molar-refractivity contribution in [3.8, 4) is 0 Å². The maximum absolute atomic E-state index is 4.66. The van der Waals surface area contributed by atoms with Crippen LogP contribution in [-0.2, 0) is 0 Å². The third-order valence-corrected chi connectivity index (χ3v) is 1.82. The average molecular weight is 132 g/mol. The van der Waals surface area contributed by atoms with Crippen molar-refractivity contribution in [1.82, 2.24) is 0 Å². The zero-order valence-electron chi connectivity index (χ0n) is 4.47.